The van der Waals surface area contributed by atoms with Crippen LogP contribution in [0, 0.1) is 6.07 Å². The molecular weight excluding hydrogens is 1020 g/mol. The van der Waals surface area contributed by atoms with Gasteiger partial charge in [0, 0.05) is 25.8 Å². The van der Waals surface area contributed by atoms with Gasteiger partial charge in [-0.3, -0.25) is 0 Å². The Bertz CT molecular complexity index is 3530. The van der Waals surface area contributed by atoms with E-state index in [1.165, 1.54) is 120 Å². The Balaban J connectivity index is 0.000000128. The van der Waals surface area contributed by atoms with E-state index < -0.39 is 0 Å². The molecule has 0 spiro atoms. The van der Waals surface area contributed by atoms with Gasteiger partial charge in [-0.1, -0.05) is 219 Å². The molecule has 0 atom stereocenters. The van der Waals surface area contributed by atoms with Gasteiger partial charge >= 0.3 is 0 Å². The Morgan fingerprint density at radius 1 is 0.343 bits per heavy atom. The second-order valence-corrected chi connectivity index (χ2v) is 20.1. The molecule has 2 heteroatoms. The molecule has 0 aromatic heterocycles. The SMILES string of the molecule is CC(C)c1cc2c(-c3ccccc3-c3cccc4ccccc34)cccc2[cH-]1.CC(C)c1cc2c(-c3ccccc3-c3cccc4ccccc34)cccc2[cH-]1.[Hf].[c-]1cccc2c1[Si]c1ccccc1-2. The van der Waals surface area contributed by atoms with Crippen molar-refractivity contribution in [2.75, 3.05) is 0 Å². The number of rotatable bonds is 6. The topological polar surface area (TPSA) is 0 Å². The molecule has 13 rings (SSSR count). The summed E-state index contributed by atoms with van der Waals surface area (Å²) in [5, 5.41) is 13.3. The van der Waals surface area contributed by atoms with Gasteiger partial charge in [0.05, 0.1) is 9.52 Å². The molecule has 1 heterocycles. The summed E-state index contributed by atoms with van der Waals surface area (Å²) in [6.07, 6.45) is 0. The average Bonchev–Trinajstić information content (AvgIpc) is 4.15. The van der Waals surface area contributed by atoms with Crippen LogP contribution < -0.4 is 10.4 Å². The van der Waals surface area contributed by atoms with Crippen LogP contribution in [0.15, 0.2) is 237 Å². The van der Waals surface area contributed by atoms with E-state index in [-0.39, 0.29) is 25.8 Å². The maximum Gasteiger partial charge on any atom is 0.0920 e. The van der Waals surface area contributed by atoms with Gasteiger partial charge in [0.25, 0.3) is 0 Å². The quantitative estimate of drug-likeness (QED) is 0.115. The van der Waals surface area contributed by atoms with Crippen LogP contribution in [0.4, 0.5) is 0 Å². The van der Waals surface area contributed by atoms with Crippen molar-refractivity contribution >= 4 is 63.0 Å². The largest absolute Gasteiger partial charge is 0.184 e. The summed E-state index contributed by atoms with van der Waals surface area (Å²) in [5.74, 6) is 1.07. The Labute approximate surface area is 434 Å². The zero-order chi connectivity index (χ0) is 46.8. The summed E-state index contributed by atoms with van der Waals surface area (Å²) in [4.78, 5) is 0. The van der Waals surface area contributed by atoms with Crippen LogP contribution in [0.3, 0.4) is 0 Å². The minimum atomic E-state index is 0. The molecule has 0 amide bonds. The first-order chi connectivity index (χ1) is 33.9. The smallest absolute Gasteiger partial charge is 0.0920 e. The predicted octanol–water partition coefficient (Wildman–Crippen LogP) is 17.5. The van der Waals surface area contributed by atoms with Gasteiger partial charge < -0.3 is 0 Å². The molecule has 1 aliphatic heterocycles. The molecule has 0 fully saturated rings. The number of hydrogen-bond acceptors (Lipinski definition) is 0. The van der Waals surface area contributed by atoms with Crippen LogP contribution in [0.1, 0.15) is 50.7 Å². The fourth-order valence-corrected chi connectivity index (χ4v) is 11.5. The first-order valence-electron chi connectivity index (χ1n) is 24.3. The summed E-state index contributed by atoms with van der Waals surface area (Å²) in [5.41, 5.74) is 16.0. The van der Waals surface area contributed by atoms with Gasteiger partial charge in [-0.15, -0.1) is 74.6 Å². The molecule has 70 heavy (non-hydrogen) atoms. The fraction of sp³-hybridized carbons (Fsp3) is 0.0882. The molecule has 336 valence electrons. The van der Waals surface area contributed by atoms with Crippen molar-refractivity contribution in [2.24, 2.45) is 0 Å². The predicted molar refractivity (Wildman–Crippen MR) is 300 cm³/mol. The van der Waals surface area contributed by atoms with Gasteiger partial charge in [-0.2, -0.15) is 41.6 Å². The molecule has 0 unspecified atom stereocenters. The minimum absolute atomic E-state index is 0. The van der Waals surface area contributed by atoms with Gasteiger partial charge in [-0.05, 0) is 66.8 Å². The van der Waals surface area contributed by atoms with Gasteiger partial charge in [0.2, 0.25) is 0 Å². The molecule has 12 aromatic rings. The van der Waals surface area contributed by atoms with Gasteiger partial charge in [0.15, 0.2) is 0 Å². The van der Waals surface area contributed by atoms with Crippen LogP contribution >= 0.6 is 0 Å². The summed E-state index contributed by atoms with van der Waals surface area (Å²) in [6, 6.07) is 89.0. The van der Waals surface area contributed by atoms with Crippen LogP contribution in [0.25, 0.3) is 98.7 Å². The monoisotopic (exact) mass is 1080 g/mol. The van der Waals surface area contributed by atoms with Crippen LogP contribution in [-0.2, 0) is 25.8 Å². The molecule has 0 nitrogen and oxygen atoms in total. The van der Waals surface area contributed by atoms with E-state index >= 15 is 0 Å². The molecular formula is C68H53HfSi-3. The van der Waals surface area contributed by atoms with Crippen LogP contribution in [0.5, 0.6) is 0 Å². The fourth-order valence-electron chi connectivity index (χ4n) is 10.2. The minimum Gasteiger partial charge on any atom is -0.184 e. The van der Waals surface area contributed by atoms with Crippen molar-refractivity contribution in [1.82, 2.24) is 0 Å². The Morgan fingerprint density at radius 3 is 1.17 bits per heavy atom. The van der Waals surface area contributed by atoms with Crippen molar-refractivity contribution in [3.63, 3.8) is 0 Å². The molecule has 0 bridgehead atoms. The molecule has 0 aliphatic carbocycles. The van der Waals surface area contributed by atoms with Crippen molar-refractivity contribution in [3.05, 3.63) is 254 Å². The molecule has 0 saturated carbocycles. The van der Waals surface area contributed by atoms with Gasteiger partial charge in [-0.25, -0.2) is 0 Å². The summed E-state index contributed by atoms with van der Waals surface area (Å²) in [7, 11) is 0.795. The Hall–Kier alpha value is -6.97. The van der Waals surface area contributed by atoms with Crippen molar-refractivity contribution in [1.29, 1.82) is 0 Å². The standard InChI is InChI=1S/2C28H23.C12H7Si.Hf/c2*1-19(2)22-17-21-11-8-16-27(28(21)18-22)26-14-6-5-13-25(26)24-15-7-10-20-9-3-4-12-23(20)24;1-3-7-11-9(5-1)10-6-2-4-8-12(10)13-11;/h2*3-19H,1-2H3;1-7H;/q3*-1;. The Kier molecular flexibility index (Phi) is 13.7. The van der Waals surface area contributed by atoms with E-state index in [0.717, 1.165) is 9.52 Å². The van der Waals surface area contributed by atoms with E-state index in [9.17, 15) is 0 Å². The number of benzene rings is 10. The normalized spacial score (nSPS) is 11.5. The Morgan fingerprint density at radius 2 is 0.700 bits per heavy atom. The van der Waals surface area contributed by atoms with E-state index in [4.69, 9.17) is 0 Å². The zero-order valence-corrected chi connectivity index (χ0v) is 44.8. The van der Waals surface area contributed by atoms with E-state index in [1.807, 2.05) is 6.07 Å². The van der Waals surface area contributed by atoms with Crippen molar-refractivity contribution in [2.45, 2.75) is 39.5 Å². The van der Waals surface area contributed by atoms with Crippen LogP contribution in [0.2, 0.25) is 0 Å². The first-order valence-corrected chi connectivity index (χ1v) is 25.3. The first kappa shape index (κ1) is 46.7. The molecule has 12 aromatic carbocycles. The van der Waals surface area contributed by atoms with Crippen molar-refractivity contribution in [3.8, 4) is 55.6 Å². The molecule has 0 saturated heterocycles. The number of hydrogen-bond donors (Lipinski definition) is 0. The van der Waals surface area contributed by atoms with Gasteiger partial charge in [0.1, 0.15) is 0 Å². The van der Waals surface area contributed by atoms with E-state index in [2.05, 4.69) is 264 Å². The molecule has 1 aliphatic rings. The molecule has 0 N–H and O–H groups in total. The third-order valence-corrected chi connectivity index (χ3v) is 15.2. The zero-order valence-electron chi connectivity index (χ0n) is 40.2. The summed E-state index contributed by atoms with van der Waals surface area (Å²) in [6.45, 7) is 9.05. The second-order valence-electron chi connectivity index (χ2n) is 18.8. The summed E-state index contributed by atoms with van der Waals surface area (Å²) < 4.78 is 0. The average molecular weight is 1080 g/mol. The molecule has 2 radical (unpaired) electrons. The second kappa shape index (κ2) is 20.5. The third kappa shape index (κ3) is 9.15. The van der Waals surface area contributed by atoms with Crippen LogP contribution in [-0.4, -0.2) is 9.52 Å². The maximum atomic E-state index is 3.31. The van der Waals surface area contributed by atoms with E-state index in [1.54, 1.807) is 0 Å². The maximum absolute atomic E-state index is 3.31. The number of fused-ring (bicyclic) bond motifs is 7. The van der Waals surface area contributed by atoms with E-state index in [0.29, 0.717) is 11.8 Å². The third-order valence-electron chi connectivity index (χ3n) is 13.8. The summed E-state index contributed by atoms with van der Waals surface area (Å²) >= 11 is 0. The van der Waals surface area contributed by atoms with Crippen molar-refractivity contribution < 1.29 is 25.8 Å².